The Balaban J connectivity index is 2.43. The second kappa shape index (κ2) is 7.59. The molecule has 0 bridgehead atoms. The van der Waals surface area contributed by atoms with Crippen LogP contribution in [0.3, 0.4) is 0 Å². The first-order valence-electron chi connectivity index (χ1n) is 6.33. The zero-order chi connectivity index (χ0) is 15.6. The third-order valence-corrected chi connectivity index (χ3v) is 6.44. The molecule has 0 saturated heterocycles. The SMILES string of the molecule is Cc1ccc([Se]c2ccc(C)cc2C(Cl)Cl)c(C(Cl)Cl)c1. The van der Waals surface area contributed by atoms with Gasteiger partial charge in [0.2, 0.25) is 0 Å². The molecule has 0 N–H and O–H groups in total. The molecule has 2 aromatic carbocycles. The molecule has 2 aromatic rings. The van der Waals surface area contributed by atoms with E-state index in [0.29, 0.717) is 0 Å². The van der Waals surface area contributed by atoms with Crippen LogP contribution in [0.4, 0.5) is 0 Å². The van der Waals surface area contributed by atoms with E-state index in [0.717, 1.165) is 31.2 Å². The van der Waals surface area contributed by atoms with Gasteiger partial charge in [0.1, 0.15) is 0 Å². The van der Waals surface area contributed by atoms with Gasteiger partial charge in [0.25, 0.3) is 0 Å². The zero-order valence-corrected chi connectivity index (χ0v) is 16.3. The van der Waals surface area contributed by atoms with Gasteiger partial charge < -0.3 is 0 Å². The quantitative estimate of drug-likeness (QED) is 0.481. The molecule has 0 aliphatic carbocycles. The van der Waals surface area contributed by atoms with Crippen LogP contribution in [0.15, 0.2) is 36.4 Å². The first-order chi connectivity index (χ1) is 9.88. The summed E-state index contributed by atoms with van der Waals surface area (Å²) in [4.78, 5) is -1.06. The molecule has 112 valence electrons. The monoisotopic (exact) mass is 426 g/mol. The van der Waals surface area contributed by atoms with Crippen molar-refractivity contribution in [2.24, 2.45) is 0 Å². The van der Waals surface area contributed by atoms with Gasteiger partial charge in [0.05, 0.1) is 0 Å². The number of aryl methyl sites for hydroxylation is 2. The van der Waals surface area contributed by atoms with Crippen LogP contribution in [-0.4, -0.2) is 15.0 Å². The molecule has 0 aliphatic heterocycles. The fourth-order valence-corrected chi connectivity index (χ4v) is 5.59. The van der Waals surface area contributed by atoms with Gasteiger partial charge in [-0.1, -0.05) is 0 Å². The molecule has 2 rings (SSSR count). The molecule has 0 heterocycles. The van der Waals surface area contributed by atoms with E-state index in [9.17, 15) is 0 Å². The van der Waals surface area contributed by atoms with Gasteiger partial charge in [-0.15, -0.1) is 0 Å². The fraction of sp³-hybridized carbons (Fsp3) is 0.250. The van der Waals surface area contributed by atoms with Gasteiger partial charge in [-0.25, -0.2) is 0 Å². The molecular weight excluding hydrogens is 413 g/mol. The van der Waals surface area contributed by atoms with E-state index >= 15 is 0 Å². The van der Waals surface area contributed by atoms with Crippen LogP contribution in [-0.2, 0) is 0 Å². The third kappa shape index (κ3) is 4.55. The number of hydrogen-bond acceptors (Lipinski definition) is 0. The van der Waals surface area contributed by atoms with E-state index in [1.165, 1.54) is 0 Å². The Morgan fingerprint density at radius 1 is 0.714 bits per heavy atom. The van der Waals surface area contributed by atoms with E-state index in [-0.39, 0.29) is 15.0 Å². The Labute approximate surface area is 151 Å². The molecule has 0 fully saturated rings. The number of hydrogen-bond donors (Lipinski definition) is 0. The first-order valence-corrected chi connectivity index (χ1v) is 9.79. The van der Waals surface area contributed by atoms with Crippen molar-refractivity contribution < 1.29 is 0 Å². The summed E-state index contributed by atoms with van der Waals surface area (Å²) in [7, 11) is 0. The summed E-state index contributed by atoms with van der Waals surface area (Å²) in [6, 6.07) is 12.4. The van der Waals surface area contributed by atoms with Crippen LogP contribution >= 0.6 is 46.4 Å². The molecule has 0 unspecified atom stereocenters. The molecule has 0 aromatic heterocycles. The standard InChI is InChI=1S/C16H14Cl4Se/c1-9-3-5-13(11(7-9)15(17)18)21-14-6-4-10(2)8-12(14)16(19)20/h3-8,15-16H,1-2H3. The Hall–Kier alpha value is 0.119. The fourth-order valence-electron chi connectivity index (χ4n) is 1.98. The van der Waals surface area contributed by atoms with Gasteiger partial charge >= 0.3 is 152 Å². The summed E-state index contributed by atoms with van der Waals surface area (Å²) in [5, 5.41) is 0. The number of rotatable bonds is 4. The molecule has 0 nitrogen and oxygen atoms in total. The normalized spacial score (nSPS) is 11.4. The molecule has 0 spiro atoms. The molecule has 0 aliphatic rings. The van der Waals surface area contributed by atoms with Gasteiger partial charge in [0, 0.05) is 0 Å². The van der Waals surface area contributed by atoms with Crippen LogP contribution in [0.5, 0.6) is 0 Å². The minimum atomic E-state index is -0.529. The van der Waals surface area contributed by atoms with Crippen LogP contribution in [0.2, 0.25) is 0 Å². The molecule has 0 amide bonds. The number of alkyl halides is 4. The van der Waals surface area contributed by atoms with E-state index in [1.807, 2.05) is 26.0 Å². The average molecular weight is 427 g/mol. The second-order valence-electron chi connectivity index (χ2n) is 4.79. The van der Waals surface area contributed by atoms with Crippen molar-refractivity contribution in [3.05, 3.63) is 58.7 Å². The molecule has 5 heteroatoms. The van der Waals surface area contributed by atoms with Gasteiger partial charge in [-0.2, -0.15) is 0 Å². The molecule has 0 atom stereocenters. The summed E-state index contributed by atoms with van der Waals surface area (Å²) in [5.41, 5.74) is 4.22. The van der Waals surface area contributed by atoms with Crippen molar-refractivity contribution in [3.8, 4) is 0 Å². The van der Waals surface area contributed by atoms with Crippen molar-refractivity contribution in [1.29, 1.82) is 0 Å². The Bertz CT molecular complexity index is 583. The number of benzene rings is 2. The predicted octanol–water partition coefficient (Wildman–Crippen LogP) is 4.91. The van der Waals surface area contributed by atoms with Gasteiger partial charge in [-0.3, -0.25) is 0 Å². The van der Waals surface area contributed by atoms with Crippen LogP contribution in [0.25, 0.3) is 0 Å². The van der Waals surface area contributed by atoms with E-state index in [2.05, 4.69) is 24.3 Å². The summed E-state index contributed by atoms with van der Waals surface area (Å²) in [6.45, 7) is 4.06. The van der Waals surface area contributed by atoms with Crippen molar-refractivity contribution >= 4 is 70.3 Å². The maximum absolute atomic E-state index is 6.10. The van der Waals surface area contributed by atoms with E-state index < -0.39 is 9.67 Å². The Morgan fingerprint density at radius 3 is 1.43 bits per heavy atom. The Kier molecular flexibility index (Phi) is 6.32. The van der Waals surface area contributed by atoms with Gasteiger partial charge in [0.15, 0.2) is 0 Å². The summed E-state index contributed by atoms with van der Waals surface area (Å²) >= 11 is 24.4. The van der Waals surface area contributed by atoms with Crippen molar-refractivity contribution in [3.63, 3.8) is 0 Å². The van der Waals surface area contributed by atoms with E-state index in [1.54, 1.807) is 0 Å². The average Bonchev–Trinajstić information content (AvgIpc) is 2.42. The molecule has 0 radical (unpaired) electrons. The van der Waals surface area contributed by atoms with Crippen molar-refractivity contribution in [1.82, 2.24) is 0 Å². The van der Waals surface area contributed by atoms with Crippen LogP contribution in [0, 0.1) is 13.8 Å². The second-order valence-corrected chi connectivity index (χ2v) is 9.25. The van der Waals surface area contributed by atoms with Gasteiger partial charge in [-0.05, 0) is 0 Å². The van der Waals surface area contributed by atoms with Crippen LogP contribution in [0.1, 0.15) is 31.9 Å². The van der Waals surface area contributed by atoms with Crippen LogP contribution < -0.4 is 8.92 Å². The summed E-state index contributed by atoms with van der Waals surface area (Å²) in [6.07, 6.45) is 0. The minimum absolute atomic E-state index is 0.0517. The maximum atomic E-state index is 6.10. The van der Waals surface area contributed by atoms with Crippen molar-refractivity contribution in [2.45, 2.75) is 23.5 Å². The summed E-state index contributed by atoms with van der Waals surface area (Å²) in [5.74, 6) is 0. The van der Waals surface area contributed by atoms with E-state index in [4.69, 9.17) is 46.4 Å². The molecule has 0 saturated carbocycles. The van der Waals surface area contributed by atoms with Crippen molar-refractivity contribution in [2.75, 3.05) is 0 Å². The Morgan fingerprint density at radius 2 is 1.10 bits per heavy atom. The zero-order valence-electron chi connectivity index (χ0n) is 11.5. The molecular formula is C16H14Cl4Se. The topological polar surface area (TPSA) is 0 Å². The number of halogens is 4. The first kappa shape index (κ1) is 17.5. The third-order valence-electron chi connectivity index (χ3n) is 3.02. The predicted molar refractivity (Wildman–Crippen MR) is 96.3 cm³/mol. The molecule has 21 heavy (non-hydrogen) atoms. The summed E-state index contributed by atoms with van der Waals surface area (Å²) < 4.78 is 2.31.